The maximum absolute atomic E-state index is 9.10. The highest BCUT2D eigenvalue weighted by Crippen LogP contribution is 2.23. The molecule has 8 nitrogen and oxygen atoms in total. The van der Waals surface area contributed by atoms with Gasteiger partial charge in [0.25, 0.3) is 0 Å². The van der Waals surface area contributed by atoms with Crippen LogP contribution in [0.4, 0.5) is 17.6 Å². The van der Waals surface area contributed by atoms with Crippen LogP contribution < -0.4 is 21.3 Å². The van der Waals surface area contributed by atoms with Crippen LogP contribution in [0.2, 0.25) is 0 Å². The Hall–Kier alpha value is -2.44. The number of hydrogen-bond donors (Lipinski definition) is 3. The highest BCUT2D eigenvalue weighted by Gasteiger charge is 2.09. The SMILES string of the molecule is COc1nc(NN)nc(Nc2ccc(Br)cc2C#N)n1. The molecule has 0 spiro atoms. The minimum atomic E-state index is 0.103. The standard InChI is InChI=1S/C11H10BrN7O/c1-20-11-17-9(16-10(18-11)19-14)15-8-3-2-7(12)4-6(8)5-13/h2-4H,14H2,1H3,(H2,15,16,17,18,19). The van der Waals surface area contributed by atoms with Gasteiger partial charge in [0.1, 0.15) is 6.07 Å². The first-order chi connectivity index (χ1) is 9.66. The fourth-order valence-corrected chi connectivity index (χ4v) is 1.77. The molecular formula is C11H10BrN7O. The monoisotopic (exact) mass is 335 g/mol. The zero-order valence-electron chi connectivity index (χ0n) is 10.4. The second-order valence-electron chi connectivity index (χ2n) is 3.54. The molecular weight excluding hydrogens is 326 g/mol. The Morgan fingerprint density at radius 2 is 2.05 bits per heavy atom. The Balaban J connectivity index is 2.37. The van der Waals surface area contributed by atoms with Gasteiger partial charge >= 0.3 is 6.01 Å². The molecule has 0 radical (unpaired) electrons. The van der Waals surface area contributed by atoms with Gasteiger partial charge in [-0.2, -0.15) is 20.2 Å². The Kier molecular flexibility index (Phi) is 4.29. The van der Waals surface area contributed by atoms with Crippen molar-refractivity contribution in [2.24, 2.45) is 5.84 Å². The van der Waals surface area contributed by atoms with Crippen LogP contribution in [0.15, 0.2) is 22.7 Å². The van der Waals surface area contributed by atoms with E-state index in [2.05, 4.69) is 47.7 Å². The quantitative estimate of drug-likeness (QED) is 0.568. The number of ether oxygens (including phenoxy) is 1. The van der Waals surface area contributed by atoms with Crippen LogP contribution in [0.25, 0.3) is 0 Å². The smallest absolute Gasteiger partial charge is 0.322 e. The van der Waals surface area contributed by atoms with Crippen LogP contribution in [0, 0.1) is 11.3 Å². The number of hydrazine groups is 1. The van der Waals surface area contributed by atoms with Crippen LogP contribution in [-0.4, -0.2) is 22.1 Å². The normalized spacial score (nSPS) is 9.70. The van der Waals surface area contributed by atoms with Crippen molar-refractivity contribution in [1.29, 1.82) is 5.26 Å². The van der Waals surface area contributed by atoms with E-state index in [4.69, 9.17) is 15.8 Å². The number of halogens is 1. The minimum Gasteiger partial charge on any atom is -0.467 e. The Morgan fingerprint density at radius 3 is 2.70 bits per heavy atom. The fraction of sp³-hybridized carbons (Fsp3) is 0.0909. The fourth-order valence-electron chi connectivity index (χ4n) is 1.41. The molecule has 0 unspecified atom stereocenters. The number of anilines is 3. The minimum absolute atomic E-state index is 0.103. The van der Waals surface area contributed by atoms with Crippen LogP contribution in [0.1, 0.15) is 5.56 Å². The molecule has 0 saturated heterocycles. The molecule has 0 aliphatic carbocycles. The van der Waals surface area contributed by atoms with E-state index >= 15 is 0 Å². The number of benzene rings is 1. The molecule has 1 aromatic heterocycles. The molecule has 1 aromatic carbocycles. The van der Waals surface area contributed by atoms with Crippen molar-refractivity contribution in [3.63, 3.8) is 0 Å². The third-order valence-corrected chi connectivity index (χ3v) is 2.77. The zero-order chi connectivity index (χ0) is 14.5. The number of nitrogens with two attached hydrogens (primary N) is 1. The van der Waals surface area contributed by atoms with E-state index in [-0.39, 0.29) is 17.9 Å². The van der Waals surface area contributed by atoms with Gasteiger partial charge in [-0.1, -0.05) is 15.9 Å². The molecule has 0 fully saturated rings. The molecule has 0 amide bonds. The molecule has 0 saturated carbocycles. The molecule has 0 aliphatic rings. The van der Waals surface area contributed by atoms with Gasteiger partial charge in [0, 0.05) is 4.47 Å². The maximum atomic E-state index is 9.10. The van der Waals surface area contributed by atoms with E-state index < -0.39 is 0 Å². The van der Waals surface area contributed by atoms with Gasteiger partial charge in [-0.15, -0.1) is 0 Å². The molecule has 102 valence electrons. The first-order valence-corrected chi connectivity index (χ1v) is 6.19. The largest absolute Gasteiger partial charge is 0.467 e. The molecule has 2 rings (SSSR count). The summed E-state index contributed by atoms with van der Waals surface area (Å²) in [6.07, 6.45) is 0. The molecule has 0 aliphatic heterocycles. The average Bonchev–Trinajstić information content (AvgIpc) is 2.48. The van der Waals surface area contributed by atoms with Crippen LogP contribution in [-0.2, 0) is 0 Å². The predicted octanol–water partition coefficient (Wildman–Crippen LogP) is 1.54. The second kappa shape index (κ2) is 6.14. The summed E-state index contributed by atoms with van der Waals surface area (Å²) >= 11 is 3.30. The Morgan fingerprint density at radius 1 is 1.30 bits per heavy atom. The van der Waals surface area contributed by atoms with Gasteiger partial charge in [0.2, 0.25) is 11.9 Å². The summed E-state index contributed by atoms with van der Waals surface area (Å²) in [4.78, 5) is 11.9. The number of nitriles is 1. The van der Waals surface area contributed by atoms with Crippen molar-refractivity contribution in [2.45, 2.75) is 0 Å². The van der Waals surface area contributed by atoms with Crippen LogP contribution in [0.3, 0.4) is 0 Å². The molecule has 0 bridgehead atoms. The number of rotatable bonds is 4. The number of nitrogen functional groups attached to an aromatic ring is 1. The number of hydrogen-bond acceptors (Lipinski definition) is 8. The van der Waals surface area contributed by atoms with Crippen molar-refractivity contribution in [1.82, 2.24) is 15.0 Å². The van der Waals surface area contributed by atoms with Crippen molar-refractivity contribution in [3.8, 4) is 12.1 Å². The topological polar surface area (TPSA) is 122 Å². The van der Waals surface area contributed by atoms with E-state index in [9.17, 15) is 0 Å². The third kappa shape index (κ3) is 3.11. The van der Waals surface area contributed by atoms with Crippen molar-refractivity contribution in [3.05, 3.63) is 28.2 Å². The lowest BCUT2D eigenvalue weighted by atomic mass is 10.2. The lowest BCUT2D eigenvalue weighted by molar-refractivity contribution is 0.379. The number of methoxy groups -OCH3 is 1. The lowest BCUT2D eigenvalue weighted by Gasteiger charge is -2.09. The summed E-state index contributed by atoms with van der Waals surface area (Å²) < 4.78 is 5.74. The lowest BCUT2D eigenvalue weighted by Crippen LogP contribution is -2.13. The average molecular weight is 336 g/mol. The van der Waals surface area contributed by atoms with Gasteiger partial charge in [0.15, 0.2) is 0 Å². The second-order valence-corrected chi connectivity index (χ2v) is 4.46. The first kappa shape index (κ1) is 14.0. The summed E-state index contributed by atoms with van der Waals surface area (Å²) in [7, 11) is 1.43. The van der Waals surface area contributed by atoms with Gasteiger partial charge in [-0.25, -0.2) is 5.84 Å². The number of aromatic nitrogens is 3. The Bertz CT molecular complexity index is 648. The van der Waals surface area contributed by atoms with Crippen molar-refractivity contribution in [2.75, 3.05) is 17.9 Å². The highest BCUT2D eigenvalue weighted by atomic mass is 79.9. The van der Waals surface area contributed by atoms with Crippen molar-refractivity contribution < 1.29 is 4.74 Å². The highest BCUT2D eigenvalue weighted by molar-refractivity contribution is 9.10. The van der Waals surface area contributed by atoms with Gasteiger partial charge in [-0.05, 0) is 18.2 Å². The third-order valence-electron chi connectivity index (χ3n) is 2.28. The molecule has 1 heterocycles. The van der Waals surface area contributed by atoms with E-state index in [1.807, 2.05) is 0 Å². The summed E-state index contributed by atoms with van der Waals surface area (Å²) in [5, 5.41) is 12.0. The predicted molar refractivity (Wildman–Crippen MR) is 76.3 cm³/mol. The van der Waals surface area contributed by atoms with E-state index in [1.165, 1.54) is 7.11 Å². The number of nitrogens with one attached hydrogen (secondary N) is 2. The summed E-state index contributed by atoms with van der Waals surface area (Å²) in [5.74, 6) is 5.63. The number of nitrogens with zero attached hydrogens (tertiary/aromatic N) is 4. The van der Waals surface area contributed by atoms with Crippen LogP contribution >= 0.6 is 15.9 Å². The van der Waals surface area contributed by atoms with E-state index in [0.717, 1.165) is 4.47 Å². The first-order valence-electron chi connectivity index (χ1n) is 5.39. The summed E-state index contributed by atoms with van der Waals surface area (Å²) in [6, 6.07) is 7.39. The van der Waals surface area contributed by atoms with E-state index in [1.54, 1.807) is 18.2 Å². The molecule has 2 aromatic rings. The maximum Gasteiger partial charge on any atom is 0.322 e. The molecule has 9 heteroatoms. The van der Waals surface area contributed by atoms with Crippen LogP contribution in [0.5, 0.6) is 6.01 Å². The Labute approximate surface area is 123 Å². The van der Waals surface area contributed by atoms with Gasteiger partial charge in [0.05, 0.1) is 18.4 Å². The zero-order valence-corrected chi connectivity index (χ0v) is 12.0. The van der Waals surface area contributed by atoms with Gasteiger partial charge in [-0.3, -0.25) is 5.43 Å². The molecule has 4 N–H and O–H groups in total. The van der Waals surface area contributed by atoms with E-state index in [0.29, 0.717) is 11.3 Å². The summed E-state index contributed by atoms with van der Waals surface area (Å²) in [5.41, 5.74) is 3.32. The van der Waals surface area contributed by atoms with Crippen molar-refractivity contribution >= 4 is 33.5 Å². The summed E-state index contributed by atoms with van der Waals surface area (Å²) in [6.45, 7) is 0. The molecule has 20 heavy (non-hydrogen) atoms. The molecule has 0 atom stereocenters. The van der Waals surface area contributed by atoms with Gasteiger partial charge < -0.3 is 10.1 Å².